The predicted octanol–water partition coefficient (Wildman–Crippen LogP) is 4.80. The normalized spacial score (nSPS) is 13.5. The Balaban J connectivity index is 1.51. The molecule has 1 aliphatic carbocycles. The number of nitrogens with one attached hydrogen (secondary N) is 1. The highest BCUT2D eigenvalue weighted by molar-refractivity contribution is 5.79. The quantitative estimate of drug-likeness (QED) is 0.554. The van der Waals surface area contributed by atoms with E-state index in [1.54, 1.807) is 4.90 Å². The largest absolute Gasteiger partial charge is 0.481 e. The van der Waals surface area contributed by atoms with Crippen LogP contribution < -0.4 is 5.32 Å². The van der Waals surface area contributed by atoms with E-state index in [9.17, 15) is 14.4 Å². The average Bonchev–Trinajstić information content (AvgIpc) is 3.09. The topological polar surface area (TPSA) is 95.9 Å². The molecule has 1 unspecified atom stereocenters. The summed E-state index contributed by atoms with van der Waals surface area (Å²) in [6.45, 7) is 7.86. The first kappa shape index (κ1) is 25.3. The number of hydrogen-bond donors (Lipinski definition) is 2. The lowest BCUT2D eigenvalue weighted by molar-refractivity contribution is -0.140. The lowest BCUT2D eigenvalue weighted by Gasteiger charge is -2.35. The van der Waals surface area contributed by atoms with Gasteiger partial charge in [-0.1, -0.05) is 48.5 Å². The second-order valence-electron chi connectivity index (χ2n) is 9.77. The zero-order valence-electron chi connectivity index (χ0n) is 20.3. The second kappa shape index (κ2) is 10.7. The fraction of sp³-hybridized carbons (Fsp3) is 0.444. The van der Waals surface area contributed by atoms with Gasteiger partial charge in [-0.2, -0.15) is 0 Å². The highest BCUT2D eigenvalue weighted by Gasteiger charge is 2.29. The number of amides is 2. The molecule has 2 aromatic rings. The molecule has 3 rings (SSSR count). The lowest BCUT2D eigenvalue weighted by Crippen LogP contribution is -2.47. The standard InChI is InChI=1S/C27H34N2O5/c1-18(13-14-24(30)29(27(2,3)4)16-15-25(31)32)28-26(33)34-17-23-21-11-7-5-9-19(21)20-10-6-8-12-22(20)23/h5-12,18,23H,13-17H2,1-4H3,(H,28,33)(H,31,32). The van der Waals surface area contributed by atoms with Gasteiger partial charge >= 0.3 is 12.1 Å². The molecule has 0 radical (unpaired) electrons. The SMILES string of the molecule is CC(CCC(=O)N(CCC(=O)O)C(C)(C)C)NC(=O)OCC1c2ccccc2-c2ccccc21. The third-order valence-electron chi connectivity index (χ3n) is 6.16. The Bertz CT molecular complexity index is 998. The number of carboxylic acids is 1. The van der Waals surface area contributed by atoms with Crippen LogP contribution in [0.15, 0.2) is 48.5 Å². The van der Waals surface area contributed by atoms with Crippen LogP contribution in [0.5, 0.6) is 0 Å². The molecule has 1 aliphatic rings. The van der Waals surface area contributed by atoms with Gasteiger partial charge in [0.1, 0.15) is 6.61 Å². The third-order valence-corrected chi connectivity index (χ3v) is 6.16. The van der Waals surface area contributed by atoms with Crippen LogP contribution in [0.3, 0.4) is 0 Å². The van der Waals surface area contributed by atoms with E-state index < -0.39 is 17.6 Å². The highest BCUT2D eigenvalue weighted by Crippen LogP contribution is 2.44. The summed E-state index contributed by atoms with van der Waals surface area (Å²) in [5.41, 5.74) is 4.17. The van der Waals surface area contributed by atoms with Crippen LogP contribution in [0, 0.1) is 0 Å². The van der Waals surface area contributed by atoms with Crippen molar-refractivity contribution >= 4 is 18.0 Å². The molecular formula is C27H34N2O5. The number of carbonyl (C=O) groups excluding carboxylic acids is 2. The predicted molar refractivity (Wildman–Crippen MR) is 131 cm³/mol. The van der Waals surface area contributed by atoms with E-state index in [1.165, 1.54) is 11.1 Å². The number of ether oxygens (including phenoxy) is 1. The van der Waals surface area contributed by atoms with Gasteiger partial charge in [0.25, 0.3) is 0 Å². The molecule has 0 saturated carbocycles. The molecule has 2 amide bonds. The summed E-state index contributed by atoms with van der Waals surface area (Å²) in [5, 5.41) is 11.8. The van der Waals surface area contributed by atoms with Crippen LogP contribution in [0.25, 0.3) is 11.1 Å². The molecule has 1 atom stereocenters. The Morgan fingerprint density at radius 2 is 1.56 bits per heavy atom. The van der Waals surface area contributed by atoms with Gasteiger partial charge in [0.2, 0.25) is 5.91 Å². The van der Waals surface area contributed by atoms with Crippen LogP contribution in [-0.4, -0.2) is 52.7 Å². The van der Waals surface area contributed by atoms with Gasteiger partial charge < -0.3 is 20.1 Å². The Labute approximate surface area is 201 Å². The molecule has 0 spiro atoms. The zero-order valence-corrected chi connectivity index (χ0v) is 20.3. The van der Waals surface area contributed by atoms with E-state index in [4.69, 9.17) is 9.84 Å². The van der Waals surface area contributed by atoms with Crippen LogP contribution in [-0.2, 0) is 14.3 Å². The first-order chi connectivity index (χ1) is 16.1. The fourth-order valence-corrected chi connectivity index (χ4v) is 4.43. The van der Waals surface area contributed by atoms with E-state index in [-0.39, 0.29) is 43.9 Å². The van der Waals surface area contributed by atoms with Gasteiger partial charge in [0, 0.05) is 30.5 Å². The van der Waals surface area contributed by atoms with Crippen LogP contribution in [0.2, 0.25) is 0 Å². The molecule has 7 nitrogen and oxygen atoms in total. The molecule has 0 saturated heterocycles. The van der Waals surface area contributed by atoms with Gasteiger partial charge in [0.05, 0.1) is 6.42 Å². The monoisotopic (exact) mass is 466 g/mol. The number of benzene rings is 2. The van der Waals surface area contributed by atoms with E-state index in [2.05, 4.69) is 29.6 Å². The minimum absolute atomic E-state index is 0.00962. The number of hydrogen-bond acceptors (Lipinski definition) is 4. The van der Waals surface area contributed by atoms with Gasteiger partial charge in [-0.25, -0.2) is 4.79 Å². The average molecular weight is 467 g/mol. The van der Waals surface area contributed by atoms with Crippen molar-refractivity contribution in [2.24, 2.45) is 0 Å². The summed E-state index contributed by atoms with van der Waals surface area (Å²) in [6, 6.07) is 16.1. The molecule has 34 heavy (non-hydrogen) atoms. The highest BCUT2D eigenvalue weighted by atomic mass is 16.5. The number of rotatable bonds is 9. The Kier molecular flexibility index (Phi) is 7.97. The molecule has 2 N–H and O–H groups in total. The number of aliphatic carboxylic acids is 1. The molecule has 182 valence electrons. The van der Waals surface area contributed by atoms with Crippen molar-refractivity contribution in [2.45, 2.75) is 64.5 Å². The number of carboxylic acid groups (broad SMARTS) is 1. The molecule has 0 bridgehead atoms. The third kappa shape index (κ3) is 6.16. The number of fused-ring (bicyclic) bond motifs is 3. The number of alkyl carbamates (subject to hydrolysis) is 1. The summed E-state index contributed by atoms with van der Waals surface area (Å²) < 4.78 is 5.57. The Morgan fingerprint density at radius 1 is 1.00 bits per heavy atom. The molecule has 0 aromatic heterocycles. The zero-order chi connectivity index (χ0) is 24.9. The smallest absolute Gasteiger partial charge is 0.407 e. The van der Waals surface area contributed by atoms with Crippen molar-refractivity contribution in [2.75, 3.05) is 13.2 Å². The first-order valence-electron chi connectivity index (χ1n) is 11.7. The lowest BCUT2D eigenvalue weighted by atomic mass is 9.98. The summed E-state index contributed by atoms with van der Waals surface area (Å²) in [4.78, 5) is 37.7. The molecular weight excluding hydrogens is 432 g/mol. The second-order valence-corrected chi connectivity index (χ2v) is 9.77. The van der Waals surface area contributed by atoms with Crippen LogP contribution in [0.1, 0.15) is 64.0 Å². The van der Waals surface area contributed by atoms with Crippen molar-refractivity contribution in [3.8, 4) is 11.1 Å². The molecule has 0 heterocycles. The molecule has 0 fully saturated rings. The molecule has 7 heteroatoms. The van der Waals surface area contributed by atoms with Gasteiger partial charge in [-0.05, 0) is 56.4 Å². The van der Waals surface area contributed by atoms with Crippen molar-refractivity contribution in [1.29, 1.82) is 0 Å². The summed E-state index contributed by atoms with van der Waals surface area (Å²) in [6.07, 6.45) is 0.0291. The van der Waals surface area contributed by atoms with Crippen molar-refractivity contribution in [3.05, 3.63) is 59.7 Å². The Morgan fingerprint density at radius 3 is 2.09 bits per heavy atom. The number of nitrogens with zero attached hydrogens (tertiary/aromatic N) is 1. The van der Waals surface area contributed by atoms with Crippen molar-refractivity contribution in [3.63, 3.8) is 0 Å². The van der Waals surface area contributed by atoms with Crippen molar-refractivity contribution in [1.82, 2.24) is 10.2 Å². The van der Waals surface area contributed by atoms with E-state index in [0.29, 0.717) is 6.42 Å². The fourth-order valence-electron chi connectivity index (χ4n) is 4.43. The van der Waals surface area contributed by atoms with Crippen LogP contribution >= 0.6 is 0 Å². The van der Waals surface area contributed by atoms with E-state index >= 15 is 0 Å². The minimum Gasteiger partial charge on any atom is -0.481 e. The minimum atomic E-state index is -0.938. The summed E-state index contributed by atoms with van der Waals surface area (Å²) in [7, 11) is 0. The van der Waals surface area contributed by atoms with Gasteiger partial charge in [0.15, 0.2) is 0 Å². The molecule has 2 aromatic carbocycles. The van der Waals surface area contributed by atoms with Crippen molar-refractivity contribution < 1.29 is 24.2 Å². The maximum Gasteiger partial charge on any atom is 0.407 e. The summed E-state index contributed by atoms with van der Waals surface area (Å²) in [5.74, 6) is -1.08. The van der Waals surface area contributed by atoms with Gasteiger partial charge in [-0.15, -0.1) is 0 Å². The summed E-state index contributed by atoms with van der Waals surface area (Å²) >= 11 is 0. The van der Waals surface area contributed by atoms with E-state index in [1.807, 2.05) is 52.0 Å². The number of carbonyl (C=O) groups is 3. The Hall–Kier alpha value is -3.35. The maximum atomic E-state index is 12.7. The van der Waals surface area contributed by atoms with Crippen LogP contribution in [0.4, 0.5) is 4.79 Å². The van der Waals surface area contributed by atoms with E-state index in [0.717, 1.165) is 11.1 Å². The first-order valence-corrected chi connectivity index (χ1v) is 11.7. The van der Waals surface area contributed by atoms with Gasteiger partial charge in [-0.3, -0.25) is 9.59 Å². The molecule has 0 aliphatic heterocycles. The maximum absolute atomic E-state index is 12.7.